The zero-order valence-electron chi connectivity index (χ0n) is 43.1. The molecule has 0 amide bonds. The minimum Gasteiger partial charge on any atom is -0.330 e. The maximum absolute atomic E-state index is 9.37. The van der Waals surface area contributed by atoms with Crippen molar-refractivity contribution in [3.05, 3.63) is 48.6 Å². The van der Waals surface area contributed by atoms with Gasteiger partial charge in [-0.3, -0.25) is 0 Å². The second-order valence-corrected chi connectivity index (χ2v) is 19.2. The Hall–Kier alpha value is -1.59. The Balaban J connectivity index is -0.00000112. The lowest BCUT2D eigenvalue weighted by atomic mass is 9.94. The van der Waals surface area contributed by atoms with Crippen LogP contribution in [-0.2, 0) is 0 Å². The SMILES string of the molecule is C.CCCCC/C=C\C/C=C\CCCCCCCCCC(C#N)CCCCCCCCC.CCCCC/C=C\C/C=C\CCCCCCCCCC(CN)CCCCCCCCC. The van der Waals surface area contributed by atoms with Gasteiger partial charge in [-0.15, -0.1) is 0 Å². The minimum absolute atomic E-state index is 0. The van der Waals surface area contributed by atoms with Crippen molar-refractivity contribution in [2.75, 3.05) is 6.54 Å². The standard InChI is InChI=1S/C30H59N.C30H55N.CH4/c2*1-3-5-7-9-11-12-13-14-15-16-17-18-19-20-22-24-26-28-30(29-31)27-25-23-21-10-8-6-4-2;/h11-12,14-15,30H,3-10,13,16-29,31H2,1-2H3;11-12,14-15,30H,3-10,13,16-28H2,1-2H3;1H4/b2*12-11-,15-14-;. The van der Waals surface area contributed by atoms with Crippen LogP contribution in [0.2, 0.25) is 0 Å². The van der Waals surface area contributed by atoms with Gasteiger partial charge >= 0.3 is 0 Å². The molecular formula is C61H118N2. The lowest BCUT2D eigenvalue weighted by molar-refractivity contribution is 0.410. The Labute approximate surface area is 400 Å². The van der Waals surface area contributed by atoms with Crippen molar-refractivity contribution in [3.8, 4) is 6.07 Å². The third-order valence-corrected chi connectivity index (χ3v) is 13.0. The Morgan fingerprint density at radius 2 is 0.571 bits per heavy atom. The summed E-state index contributed by atoms with van der Waals surface area (Å²) < 4.78 is 0. The summed E-state index contributed by atoms with van der Waals surface area (Å²) in [5.41, 5.74) is 6.02. The molecule has 0 rings (SSSR count). The van der Waals surface area contributed by atoms with E-state index in [1.54, 1.807) is 0 Å². The summed E-state index contributed by atoms with van der Waals surface area (Å²) in [7, 11) is 0. The molecule has 0 aliphatic heterocycles. The van der Waals surface area contributed by atoms with Crippen LogP contribution in [0.3, 0.4) is 0 Å². The van der Waals surface area contributed by atoms with E-state index in [1.165, 1.54) is 257 Å². The summed E-state index contributed by atoms with van der Waals surface area (Å²) in [5, 5.41) is 9.37. The van der Waals surface area contributed by atoms with Gasteiger partial charge in [0.25, 0.3) is 0 Å². The van der Waals surface area contributed by atoms with E-state index in [1.807, 2.05) is 0 Å². The van der Waals surface area contributed by atoms with Crippen molar-refractivity contribution < 1.29 is 0 Å². The number of hydrogen-bond acceptors (Lipinski definition) is 2. The van der Waals surface area contributed by atoms with Crippen LogP contribution in [0.25, 0.3) is 0 Å². The normalized spacial score (nSPS) is 12.6. The zero-order valence-corrected chi connectivity index (χ0v) is 43.1. The van der Waals surface area contributed by atoms with Crippen molar-refractivity contribution >= 4 is 0 Å². The molecule has 2 unspecified atom stereocenters. The first-order valence-corrected chi connectivity index (χ1v) is 28.4. The molecule has 2 N–H and O–H groups in total. The molecule has 0 fully saturated rings. The number of allylic oxidation sites excluding steroid dienone is 8. The monoisotopic (exact) mass is 879 g/mol. The van der Waals surface area contributed by atoms with E-state index in [9.17, 15) is 5.26 Å². The Bertz CT molecular complexity index is 952. The third-order valence-electron chi connectivity index (χ3n) is 13.0. The Morgan fingerprint density at radius 3 is 0.857 bits per heavy atom. The van der Waals surface area contributed by atoms with Gasteiger partial charge in [0.05, 0.1) is 6.07 Å². The highest BCUT2D eigenvalue weighted by Crippen LogP contribution is 2.20. The van der Waals surface area contributed by atoms with Gasteiger partial charge in [-0.05, 0) is 102 Å². The quantitative estimate of drug-likeness (QED) is 0.0489. The molecule has 0 aromatic heterocycles. The molecule has 0 aliphatic rings. The second kappa shape index (κ2) is 62.5. The van der Waals surface area contributed by atoms with Crippen molar-refractivity contribution in [2.24, 2.45) is 17.6 Å². The lowest BCUT2D eigenvalue weighted by Crippen LogP contribution is -2.14. The van der Waals surface area contributed by atoms with Gasteiger partial charge < -0.3 is 5.73 Å². The topological polar surface area (TPSA) is 49.8 Å². The molecule has 0 saturated heterocycles. The van der Waals surface area contributed by atoms with Crippen LogP contribution in [-0.4, -0.2) is 6.54 Å². The predicted octanol–water partition coefficient (Wildman–Crippen LogP) is 21.8. The van der Waals surface area contributed by atoms with Crippen molar-refractivity contribution in [3.63, 3.8) is 0 Å². The highest BCUT2D eigenvalue weighted by molar-refractivity contribution is 4.93. The van der Waals surface area contributed by atoms with Crippen LogP contribution in [0.15, 0.2) is 48.6 Å². The maximum atomic E-state index is 9.37. The molecule has 2 atom stereocenters. The van der Waals surface area contributed by atoms with Crippen LogP contribution in [0.4, 0.5) is 0 Å². The van der Waals surface area contributed by atoms with Crippen molar-refractivity contribution in [1.82, 2.24) is 0 Å². The molecule has 0 bridgehead atoms. The number of unbranched alkanes of at least 4 members (excludes halogenated alkanes) is 32. The summed E-state index contributed by atoms with van der Waals surface area (Å²) in [6.45, 7) is 9.99. The van der Waals surface area contributed by atoms with E-state index >= 15 is 0 Å². The van der Waals surface area contributed by atoms with Gasteiger partial charge in [0.1, 0.15) is 0 Å². The first kappa shape index (κ1) is 65.7. The number of hydrogen-bond donors (Lipinski definition) is 1. The minimum atomic E-state index is 0. The number of nitriles is 1. The molecule has 0 aromatic rings. The number of rotatable bonds is 49. The molecule has 0 spiro atoms. The predicted molar refractivity (Wildman–Crippen MR) is 291 cm³/mol. The lowest BCUT2D eigenvalue weighted by Gasteiger charge is -2.14. The first-order valence-electron chi connectivity index (χ1n) is 28.4. The van der Waals surface area contributed by atoms with Gasteiger partial charge in [-0.25, -0.2) is 0 Å². The molecular weight excluding hydrogens is 761 g/mol. The van der Waals surface area contributed by atoms with E-state index in [0.717, 1.165) is 38.1 Å². The third kappa shape index (κ3) is 60.4. The molecule has 0 heterocycles. The molecule has 2 nitrogen and oxygen atoms in total. The zero-order chi connectivity index (χ0) is 45.3. The van der Waals surface area contributed by atoms with E-state index in [0.29, 0.717) is 5.92 Å². The Morgan fingerprint density at radius 1 is 0.333 bits per heavy atom. The van der Waals surface area contributed by atoms with Gasteiger partial charge in [-0.1, -0.05) is 276 Å². The van der Waals surface area contributed by atoms with Crippen LogP contribution < -0.4 is 5.73 Å². The van der Waals surface area contributed by atoms with Gasteiger partial charge in [0, 0.05) is 5.92 Å². The number of nitrogens with two attached hydrogens (primary N) is 1. The molecule has 0 aliphatic carbocycles. The van der Waals surface area contributed by atoms with E-state index < -0.39 is 0 Å². The highest BCUT2D eigenvalue weighted by Gasteiger charge is 2.08. The average Bonchev–Trinajstić information content (AvgIpc) is 3.29. The van der Waals surface area contributed by atoms with Crippen LogP contribution in [0.5, 0.6) is 0 Å². The summed E-state index contributed by atoms with van der Waals surface area (Å²) in [6.07, 6.45) is 77.6. The van der Waals surface area contributed by atoms with Crippen LogP contribution in [0, 0.1) is 23.2 Å². The van der Waals surface area contributed by atoms with E-state index in [2.05, 4.69) is 82.4 Å². The van der Waals surface area contributed by atoms with Gasteiger partial charge in [0.2, 0.25) is 0 Å². The van der Waals surface area contributed by atoms with Crippen molar-refractivity contribution in [2.45, 2.75) is 318 Å². The summed E-state index contributed by atoms with van der Waals surface area (Å²) in [5.74, 6) is 1.10. The largest absolute Gasteiger partial charge is 0.330 e. The first-order chi connectivity index (χ1) is 30.7. The second-order valence-electron chi connectivity index (χ2n) is 19.2. The molecule has 372 valence electrons. The van der Waals surface area contributed by atoms with Gasteiger partial charge in [-0.2, -0.15) is 5.26 Å². The van der Waals surface area contributed by atoms with E-state index in [-0.39, 0.29) is 7.43 Å². The Kier molecular flexibility index (Phi) is 65.2. The molecule has 2 heteroatoms. The fraction of sp³-hybridized carbons (Fsp3) is 0.852. The molecule has 0 radical (unpaired) electrons. The molecule has 0 aromatic carbocycles. The molecule has 0 saturated carbocycles. The van der Waals surface area contributed by atoms with E-state index in [4.69, 9.17) is 5.73 Å². The summed E-state index contributed by atoms with van der Waals surface area (Å²) in [4.78, 5) is 0. The van der Waals surface area contributed by atoms with Crippen molar-refractivity contribution in [1.29, 1.82) is 5.26 Å². The number of nitrogens with zero attached hydrogens (tertiary/aromatic N) is 1. The highest BCUT2D eigenvalue weighted by atomic mass is 14.5. The summed E-state index contributed by atoms with van der Waals surface area (Å²) >= 11 is 0. The summed E-state index contributed by atoms with van der Waals surface area (Å²) in [6, 6.07) is 2.56. The fourth-order valence-corrected chi connectivity index (χ4v) is 8.55. The van der Waals surface area contributed by atoms with Crippen LogP contribution >= 0.6 is 0 Å². The maximum Gasteiger partial charge on any atom is 0.0655 e. The molecule has 63 heavy (non-hydrogen) atoms. The fourth-order valence-electron chi connectivity index (χ4n) is 8.55. The average molecular weight is 880 g/mol. The smallest absolute Gasteiger partial charge is 0.0655 e. The van der Waals surface area contributed by atoms with Crippen LogP contribution in [0.1, 0.15) is 318 Å². The van der Waals surface area contributed by atoms with Gasteiger partial charge in [0.15, 0.2) is 0 Å².